The van der Waals surface area contributed by atoms with Gasteiger partial charge in [0.2, 0.25) is 5.91 Å². The number of nitrogens with one attached hydrogen (secondary N) is 1. The van der Waals surface area contributed by atoms with E-state index in [0.29, 0.717) is 11.3 Å². The Morgan fingerprint density at radius 3 is 2.35 bits per heavy atom. The summed E-state index contributed by atoms with van der Waals surface area (Å²) in [6, 6.07) is 6.25. The van der Waals surface area contributed by atoms with Gasteiger partial charge in [0.05, 0.1) is 6.61 Å². The number of aliphatic hydroxyl groups excluding tert-OH is 3. The molecule has 4 N–H and O–H groups in total. The van der Waals surface area contributed by atoms with E-state index in [1.54, 1.807) is 24.3 Å². The third kappa shape index (κ3) is 3.98. The van der Waals surface area contributed by atoms with Gasteiger partial charge in [-0.1, -0.05) is 12.1 Å². The van der Waals surface area contributed by atoms with E-state index in [0.717, 1.165) is 0 Å². The van der Waals surface area contributed by atoms with Gasteiger partial charge in [-0.25, -0.2) is 0 Å². The quantitative estimate of drug-likeness (QED) is 0.571. The van der Waals surface area contributed by atoms with Crippen LogP contribution in [0.3, 0.4) is 0 Å². The van der Waals surface area contributed by atoms with Crippen molar-refractivity contribution >= 4 is 23.2 Å². The van der Waals surface area contributed by atoms with Crippen molar-refractivity contribution in [1.82, 2.24) is 0 Å². The first kappa shape index (κ1) is 13.9. The molecule has 6 heteroatoms. The molecule has 0 aliphatic rings. The maximum absolute atomic E-state index is 11.0. The van der Waals surface area contributed by atoms with Crippen molar-refractivity contribution in [2.75, 3.05) is 17.8 Å². The average Bonchev–Trinajstić information content (AvgIpc) is 2.37. The molecule has 0 spiro atoms. The van der Waals surface area contributed by atoms with Gasteiger partial charge in [-0.15, -0.1) is 11.6 Å². The highest BCUT2D eigenvalue weighted by molar-refractivity contribution is 6.29. The first-order chi connectivity index (χ1) is 8.08. The van der Waals surface area contributed by atoms with Crippen LogP contribution in [-0.4, -0.2) is 39.8 Å². The van der Waals surface area contributed by atoms with Crippen molar-refractivity contribution in [2.45, 2.75) is 12.2 Å². The maximum Gasteiger partial charge on any atom is 0.239 e. The third-order valence-electron chi connectivity index (χ3n) is 2.21. The third-order valence-corrected chi connectivity index (χ3v) is 2.45. The molecule has 0 fully saturated rings. The van der Waals surface area contributed by atoms with Crippen molar-refractivity contribution in [3.8, 4) is 0 Å². The monoisotopic (exact) mass is 259 g/mol. The molecule has 0 aliphatic carbocycles. The second-order valence-electron chi connectivity index (χ2n) is 3.50. The number of amides is 1. The molecular weight excluding hydrogens is 246 g/mol. The largest absolute Gasteiger partial charge is 0.394 e. The lowest BCUT2D eigenvalue weighted by molar-refractivity contribution is -0.113. The van der Waals surface area contributed by atoms with Gasteiger partial charge < -0.3 is 20.6 Å². The molecule has 1 aromatic rings. The Bertz CT molecular complexity index is 368. The molecule has 0 aliphatic heterocycles. The SMILES string of the molecule is O=C(CCl)Nc1ccc(C(O)C(O)CO)cc1. The summed E-state index contributed by atoms with van der Waals surface area (Å²) in [5.41, 5.74) is 1.00. The topological polar surface area (TPSA) is 89.8 Å². The lowest BCUT2D eigenvalue weighted by atomic mass is 10.0. The van der Waals surface area contributed by atoms with Gasteiger partial charge in [0, 0.05) is 5.69 Å². The van der Waals surface area contributed by atoms with Crippen LogP contribution in [0.2, 0.25) is 0 Å². The van der Waals surface area contributed by atoms with Crippen LogP contribution in [0.1, 0.15) is 11.7 Å². The van der Waals surface area contributed by atoms with E-state index in [2.05, 4.69) is 5.32 Å². The van der Waals surface area contributed by atoms with E-state index in [1.165, 1.54) is 0 Å². The smallest absolute Gasteiger partial charge is 0.239 e. The Labute approximate surface area is 104 Å². The molecule has 0 saturated heterocycles. The Morgan fingerprint density at radius 1 is 1.29 bits per heavy atom. The highest BCUT2D eigenvalue weighted by Crippen LogP contribution is 2.19. The number of aliphatic hydroxyl groups is 3. The number of carbonyl (C=O) groups excluding carboxylic acids is 1. The minimum atomic E-state index is -1.22. The fourth-order valence-electron chi connectivity index (χ4n) is 1.28. The Hall–Kier alpha value is -1.14. The molecule has 17 heavy (non-hydrogen) atoms. The van der Waals surface area contributed by atoms with Crippen LogP contribution in [0.4, 0.5) is 5.69 Å². The molecule has 1 aromatic carbocycles. The van der Waals surface area contributed by atoms with Crippen molar-refractivity contribution in [3.63, 3.8) is 0 Å². The Kier molecular flexibility index (Phi) is 5.37. The fourth-order valence-corrected chi connectivity index (χ4v) is 1.35. The minimum Gasteiger partial charge on any atom is -0.394 e. The number of anilines is 1. The van der Waals surface area contributed by atoms with Crippen molar-refractivity contribution in [3.05, 3.63) is 29.8 Å². The van der Waals surface area contributed by atoms with E-state index in [4.69, 9.17) is 16.7 Å². The Balaban J connectivity index is 2.70. The number of halogens is 1. The molecule has 1 amide bonds. The second-order valence-corrected chi connectivity index (χ2v) is 3.77. The van der Waals surface area contributed by atoms with Crippen LogP contribution in [0, 0.1) is 0 Å². The molecular formula is C11H14ClNO4. The van der Waals surface area contributed by atoms with E-state index < -0.39 is 18.8 Å². The van der Waals surface area contributed by atoms with Crippen LogP contribution in [0.15, 0.2) is 24.3 Å². The van der Waals surface area contributed by atoms with E-state index in [9.17, 15) is 15.0 Å². The molecule has 94 valence electrons. The van der Waals surface area contributed by atoms with Crippen molar-refractivity contribution in [2.24, 2.45) is 0 Å². The lowest BCUT2D eigenvalue weighted by Gasteiger charge is -2.16. The molecule has 0 saturated carbocycles. The predicted octanol–water partition coefficient (Wildman–Crippen LogP) is 0.251. The zero-order chi connectivity index (χ0) is 12.8. The molecule has 0 aromatic heterocycles. The number of alkyl halides is 1. The zero-order valence-corrected chi connectivity index (χ0v) is 9.76. The molecule has 2 atom stereocenters. The summed E-state index contributed by atoms with van der Waals surface area (Å²) in [5, 5.41) is 30.1. The van der Waals surface area contributed by atoms with Gasteiger partial charge in [0.15, 0.2) is 0 Å². The van der Waals surface area contributed by atoms with E-state index in [-0.39, 0.29) is 11.8 Å². The van der Waals surface area contributed by atoms with Crippen LogP contribution in [-0.2, 0) is 4.79 Å². The number of carbonyl (C=O) groups is 1. The molecule has 5 nitrogen and oxygen atoms in total. The first-order valence-electron chi connectivity index (χ1n) is 5.01. The van der Waals surface area contributed by atoms with Crippen molar-refractivity contribution in [1.29, 1.82) is 0 Å². The normalized spacial score (nSPS) is 14.1. The fraction of sp³-hybridized carbons (Fsp3) is 0.364. The van der Waals surface area contributed by atoms with E-state index in [1.807, 2.05) is 0 Å². The maximum atomic E-state index is 11.0. The van der Waals surface area contributed by atoms with Gasteiger partial charge in [-0.2, -0.15) is 0 Å². The summed E-state index contributed by atoms with van der Waals surface area (Å²) in [6.45, 7) is -0.522. The van der Waals surface area contributed by atoms with Crippen LogP contribution < -0.4 is 5.32 Å². The van der Waals surface area contributed by atoms with Crippen LogP contribution in [0.25, 0.3) is 0 Å². The first-order valence-corrected chi connectivity index (χ1v) is 5.54. The summed E-state index contributed by atoms with van der Waals surface area (Å²) in [4.78, 5) is 11.0. The van der Waals surface area contributed by atoms with Crippen molar-refractivity contribution < 1.29 is 20.1 Å². The standard InChI is InChI=1S/C11H14ClNO4/c12-5-10(16)13-8-3-1-7(2-4-8)11(17)9(15)6-14/h1-4,9,11,14-15,17H,5-6H2,(H,13,16). The summed E-state index contributed by atoms with van der Waals surface area (Å²) in [5.74, 6) is -0.455. The van der Waals surface area contributed by atoms with Gasteiger partial charge in [-0.3, -0.25) is 4.79 Å². The van der Waals surface area contributed by atoms with Gasteiger partial charge in [-0.05, 0) is 17.7 Å². The summed E-state index contributed by atoms with van der Waals surface area (Å²) >= 11 is 5.33. The molecule has 0 bridgehead atoms. The molecule has 1 rings (SSSR count). The van der Waals surface area contributed by atoms with Crippen LogP contribution in [0.5, 0.6) is 0 Å². The average molecular weight is 260 g/mol. The summed E-state index contributed by atoms with van der Waals surface area (Å²) in [7, 11) is 0. The van der Waals surface area contributed by atoms with Gasteiger partial charge in [0.1, 0.15) is 18.1 Å². The number of benzene rings is 1. The Morgan fingerprint density at radius 2 is 1.88 bits per heavy atom. The highest BCUT2D eigenvalue weighted by Gasteiger charge is 2.16. The summed E-state index contributed by atoms with van der Waals surface area (Å²) < 4.78 is 0. The number of hydrogen-bond donors (Lipinski definition) is 4. The number of rotatable bonds is 5. The molecule has 0 radical (unpaired) electrons. The lowest BCUT2D eigenvalue weighted by Crippen LogP contribution is -2.22. The highest BCUT2D eigenvalue weighted by atomic mass is 35.5. The molecule has 0 heterocycles. The van der Waals surface area contributed by atoms with Gasteiger partial charge >= 0.3 is 0 Å². The van der Waals surface area contributed by atoms with Crippen LogP contribution >= 0.6 is 11.6 Å². The second kappa shape index (κ2) is 6.56. The predicted molar refractivity (Wildman–Crippen MR) is 63.8 cm³/mol. The number of hydrogen-bond acceptors (Lipinski definition) is 4. The summed E-state index contributed by atoms with van der Waals surface area (Å²) in [6.07, 6.45) is -2.38. The van der Waals surface area contributed by atoms with Gasteiger partial charge in [0.25, 0.3) is 0 Å². The zero-order valence-electron chi connectivity index (χ0n) is 9.01. The minimum absolute atomic E-state index is 0.131. The van der Waals surface area contributed by atoms with E-state index >= 15 is 0 Å². The molecule has 2 unspecified atom stereocenters.